The molecular weight excluding hydrogens is 342 g/mol. The van der Waals surface area contributed by atoms with E-state index in [-0.39, 0.29) is 17.5 Å². The van der Waals surface area contributed by atoms with Crippen LogP contribution >= 0.6 is 0 Å². The van der Waals surface area contributed by atoms with E-state index in [1.165, 1.54) is 12.1 Å². The number of nitrogens with one attached hydrogen (secondary N) is 1. The van der Waals surface area contributed by atoms with Crippen molar-refractivity contribution in [2.24, 2.45) is 0 Å². The summed E-state index contributed by atoms with van der Waals surface area (Å²) in [6, 6.07) is 11.9. The number of hydrogen-bond acceptors (Lipinski definition) is 5. The zero-order valence-corrected chi connectivity index (χ0v) is 15.0. The Hall–Kier alpha value is -2.25. The smallest absolute Gasteiger partial charge is 0.241 e. The maximum atomic E-state index is 12.5. The quantitative estimate of drug-likeness (QED) is 0.854. The summed E-state index contributed by atoms with van der Waals surface area (Å²) in [5, 5.41) is 0. The third-order valence-electron chi connectivity index (χ3n) is 3.59. The Labute approximate surface area is 147 Å². The molecule has 1 N–H and O–H groups in total. The van der Waals surface area contributed by atoms with Crippen molar-refractivity contribution in [1.82, 2.24) is 4.72 Å². The minimum absolute atomic E-state index is 0.0968. The lowest BCUT2D eigenvalue weighted by Gasteiger charge is -2.19. The highest BCUT2D eigenvalue weighted by molar-refractivity contribution is 7.89. The van der Waals surface area contributed by atoms with Gasteiger partial charge in [-0.25, -0.2) is 13.1 Å². The monoisotopic (exact) mass is 363 g/mol. The van der Waals surface area contributed by atoms with E-state index in [9.17, 15) is 8.42 Å². The first-order valence-corrected chi connectivity index (χ1v) is 9.57. The fourth-order valence-corrected chi connectivity index (χ4v) is 3.44. The van der Waals surface area contributed by atoms with Gasteiger partial charge in [0.25, 0.3) is 0 Å². The zero-order chi connectivity index (χ0) is 17.9. The molecule has 0 unspecified atom stereocenters. The fraction of sp³-hybridized carbons (Fsp3) is 0.333. The highest BCUT2D eigenvalue weighted by atomic mass is 32.2. The highest BCUT2D eigenvalue weighted by Crippen LogP contribution is 2.32. The molecule has 1 aliphatic heterocycles. The molecule has 0 saturated heterocycles. The van der Waals surface area contributed by atoms with E-state index in [4.69, 9.17) is 14.2 Å². The molecule has 0 fully saturated rings. The molecule has 3 rings (SSSR count). The van der Waals surface area contributed by atoms with Crippen LogP contribution in [0.5, 0.6) is 17.2 Å². The molecule has 1 heterocycles. The Kier molecular flexibility index (Phi) is 5.15. The van der Waals surface area contributed by atoms with Crippen molar-refractivity contribution in [3.8, 4) is 17.2 Å². The molecule has 25 heavy (non-hydrogen) atoms. The fourth-order valence-electron chi connectivity index (χ4n) is 2.41. The molecule has 0 bridgehead atoms. The van der Waals surface area contributed by atoms with E-state index >= 15 is 0 Å². The zero-order valence-electron chi connectivity index (χ0n) is 14.2. The summed E-state index contributed by atoms with van der Waals surface area (Å²) in [7, 11) is -3.64. The number of benzene rings is 2. The molecule has 0 atom stereocenters. The largest absolute Gasteiger partial charge is 0.491 e. The van der Waals surface area contributed by atoms with Gasteiger partial charge in [-0.3, -0.25) is 0 Å². The minimum Gasteiger partial charge on any atom is -0.491 e. The normalized spacial score (nSPS) is 13.7. The van der Waals surface area contributed by atoms with Gasteiger partial charge in [-0.2, -0.15) is 0 Å². The second-order valence-corrected chi connectivity index (χ2v) is 7.71. The first-order valence-electron chi connectivity index (χ1n) is 8.09. The first kappa shape index (κ1) is 17.6. The summed E-state index contributed by atoms with van der Waals surface area (Å²) in [5.41, 5.74) is 0.845. The van der Waals surface area contributed by atoms with Gasteiger partial charge in [0.15, 0.2) is 11.5 Å². The van der Waals surface area contributed by atoms with Gasteiger partial charge < -0.3 is 14.2 Å². The van der Waals surface area contributed by atoms with Gasteiger partial charge in [0.2, 0.25) is 10.0 Å². The maximum absolute atomic E-state index is 12.5. The van der Waals surface area contributed by atoms with Crippen molar-refractivity contribution < 1.29 is 22.6 Å². The van der Waals surface area contributed by atoms with Gasteiger partial charge in [0, 0.05) is 12.6 Å². The van der Waals surface area contributed by atoms with Gasteiger partial charge in [0.05, 0.1) is 11.0 Å². The molecule has 0 spiro atoms. The van der Waals surface area contributed by atoms with E-state index in [0.717, 1.165) is 11.3 Å². The van der Waals surface area contributed by atoms with Crippen molar-refractivity contribution in [1.29, 1.82) is 0 Å². The molecule has 0 saturated carbocycles. The standard InChI is InChI=1S/C18H21NO5S/c1-13(2)24-15-5-3-14(4-6-15)12-19-25(20,21)16-7-8-17-18(11-16)23-10-9-22-17/h3-8,11,13,19H,9-10,12H2,1-2H3. The van der Waals surface area contributed by atoms with Crippen LogP contribution in [0.25, 0.3) is 0 Å². The minimum atomic E-state index is -3.64. The van der Waals surface area contributed by atoms with Crippen LogP contribution in [-0.2, 0) is 16.6 Å². The Morgan fingerprint density at radius 3 is 2.40 bits per heavy atom. The Balaban J connectivity index is 1.67. The van der Waals surface area contributed by atoms with E-state index in [2.05, 4.69) is 4.72 Å². The molecule has 1 aliphatic rings. The highest BCUT2D eigenvalue weighted by Gasteiger charge is 2.19. The van der Waals surface area contributed by atoms with Crippen molar-refractivity contribution in [2.75, 3.05) is 13.2 Å². The Bertz CT molecular complexity index is 831. The lowest BCUT2D eigenvalue weighted by molar-refractivity contribution is 0.171. The summed E-state index contributed by atoms with van der Waals surface area (Å²) in [6.45, 7) is 4.98. The number of sulfonamides is 1. The molecule has 2 aromatic rings. The number of fused-ring (bicyclic) bond motifs is 1. The molecule has 0 amide bonds. The van der Waals surface area contributed by atoms with Crippen molar-refractivity contribution in [2.45, 2.75) is 31.4 Å². The third kappa shape index (κ3) is 4.43. The lowest BCUT2D eigenvalue weighted by Crippen LogP contribution is -2.23. The van der Waals surface area contributed by atoms with Gasteiger partial charge in [-0.1, -0.05) is 12.1 Å². The predicted molar refractivity (Wildman–Crippen MR) is 93.7 cm³/mol. The van der Waals surface area contributed by atoms with Crippen LogP contribution in [-0.4, -0.2) is 27.7 Å². The average Bonchev–Trinajstić information content (AvgIpc) is 2.60. The third-order valence-corrected chi connectivity index (χ3v) is 4.98. The number of hydrogen-bond donors (Lipinski definition) is 1. The number of rotatable bonds is 6. The van der Waals surface area contributed by atoms with E-state index in [1.54, 1.807) is 6.07 Å². The summed E-state index contributed by atoms with van der Waals surface area (Å²) in [6.07, 6.45) is 0.0968. The van der Waals surface area contributed by atoms with Crippen molar-refractivity contribution in [3.05, 3.63) is 48.0 Å². The first-order chi connectivity index (χ1) is 11.9. The Morgan fingerprint density at radius 2 is 1.72 bits per heavy atom. The van der Waals surface area contributed by atoms with Crippen LogP contribution in [0.3, 0.4) is 0 Å². The topological polar surface area (TPSA) is 73.9 Å². The van der Waals surface area contributed by atoms with Gasteiger partial charge in [-0.05, 0) is 43.7 Å². The van der Waals surface area contributed by atoms with Crippen LogP contribution in [0.15, 0.2) is 47.4 Å². The summed E-state index contributed by atoms with van der Waals surface area (Å²) in [5.74, 6) is 1.77. The summed E-state index contributed by atoms with van der Waals surface area (Å²) < 4.78 is 44.0. The molecule has 0 aromatic heterocycles. The van der Waals surface area contributed by atoms with E-state index < -0.39 is 10.0 Å². The molecule has 6 nitrogen and oxygen atoms in total. The van der Waals surface area contributed by atoms with Gasteiger partial charge >= 0.3 is 0 Å². The SMILES string of the molecule is CC(C)Oc1ccc(CNS(=O)(=O)c2ccc3c(c2)OCCO3)cc1. The molecular formula is C18H21NO5S. The lowest BCUT2D eigenvalue weighted by atomic mass is 10.2. The molecule has 7 heteroatoms. The summed E-state index contributed by atoms with van der Waals surface area (Å²) in [4.78, 5) is 0.150. The molecule has 0 aliphatic carbocycles. The maximum Gasteiger partial charge on any atom is 0.241 e. The van der Waals surface area contributed by atoms with Crippen LogP contribution in [0.2, 0.25) is 0 Å². The van der Waals surface area contributed by atoms with E-state index in [0.29, 0.717) is 24.7 Å². The molecule has 134 valence electrons. The van der Waals surface area contributed by atoms with E-state index in [1.807, 2.05) is 38.1 Å². The average molecular weight is 363 g/mol. The Morgan fingerprint density at radius 1 is 1.04 bits per heavy atom. The summed E-state index contributed by atoms with van der Waals surface area (Å²) >= 11 is 0. The van der Waals surface area contributed by atoms with Gasteiger partial charge in [-0.15, -0.1) is 0 Å². The molecule has 2 aromatic carbocycles. The van der Waals surface area contributed by atoms with Crippen LogP contribution in [0.1, 0.15) is 19.4 Å². The van der Waals surface area contributed by atoms with Gasteiger partial charge in [0.1, 0.15) is 19.0 Å². The second-order valence-electron chi connectivity index (χ2n) is 5.94. The van der Waals surface area contributed by atoms with Crippen molar-refractivity contribution >= 4 is 10.0 Å². The van der Waals surface area contributed by atoms with Crippen LogP contribution in [0, 0.1) is 0 Å². The molecule has 0 radical (unpaired) electrons. The second kappa shape index (κ2) is 7.33. The van der Waals surface area contributed by atoms with Crippen LogP contribution < -0.4 is 18.9 Å². The number of ether oxygens (including phenoxy) is 3. The van der Waals surface area contributed by atoms with Crippen molar-refractivity contribution in [3.63, 3.8) is 0 Å². The van der Waals surface area contributed by atoms with Crippen LogP contribution in [0.4, 0.5) is 0 Å². The predicted octanol–water partition coefficient (Wildman–Crippen LogP) is 2.72.